The number of rotatable bonds is 8. The first-order chi connectivity index (χ1) is 14.0. The average molecular weight is 414 g/mol. The van der Waals surface area contributed by atoms with E-state index in [4.69, 9.17) is 4.74 Å². The number of aryl methyl sites for hydroxylation is 1. The molecule has 3 aromatic rings. The van der Waals surface area contributed by atoms with Crippen molar-refractivity contribution in [3.63, 3.8) is 0 Å². The van der Waals surface area contributed by atoms with Crippen LogP contribution in [0, 0.1) is 6.92 Å². The second-order valence-electron chi connectivity index (χ2n) is 6.40. The van der Waals surface area contributed by atoms with E-state index >= 15 is 0 Å². The number of esters is 1. The van der Waals surface area contributed by atoms with Gasteiger partial charge in [0.05, 0.1) is 6.61 Å². The second kappa shape index (κ2) is 9.42. The fraction of sp³-hybridized carbons (Fsp3) is 0.350. The van der Waals surface area contributed by atoms with E-state index in [9.17, 15) is 9.59 Å². The third-order valence-corrected chi connectivity index (χ3v) is 5.40. The van der Waals surface area contributed by atoms with Crippen molar-refractivity contribution in [2.24, 2.45) is 0 Å². The van der Waals surface area contributed by atoms with Crippen LogP contribution in [0.3, 0.4) is 0 Å². The molecule has 2 heterocycles. The van der Waals surface area contributed by atoms with Crippen molar-refractivity contribution in [3.8, 4) is 0 Å². The van der Waals surface area contributed by atoms with E-state index in [-0.39, 0.29) is 18.2 Å². The molecule has 0 aliphatic heterocycles. The molecule has 0 spiro atoms. The molecule has 152 valence electrons. The van der Waals surface area contributed by atoms with E-state index < -0.39 is 12.0 Å². The molecule has 1 amide bonds. The molecule has 0 saturated heterocycles. The molecule has 0 radical (unpaired) electrons. The van der Waals surface area contributed by atoms with E-state index in [0.29, 0.717) is 23.0 Å². The lowest BCUT2D eigenvalue weighted by Crippen LogP contribution is -2.38. The zero-order valence-corrected chi connectivity index (χ0v) is 17.4. The number of aromatic nitrogens is 4. The van der Waals surface area contributed by atoms with Crippen molar-refractivity contribution in [2.45, 2.75) is 33.2 Å². The van der Waals surface area contributed by atoms with Crippen LogP contribution in [0.15, 0.2) is 43.0 Å². The van der Waals surface area contributed by atoms with Crippen LogP contribution >= 0.6 is 11.3 Å². The zero-order valence-electron chi connectivity index (χ0n) is 16.6. The van der Waals surface area contributed by atoms with Gasteiger partial charge in [-0.2, -0.15) is 5.10 Å². The smallest absolute Gasteiger partial charge is 0.358 e. The number of hydrogen-bond donors (Lipinski definition) is 0. The Balaban J connectivity index is 1.88. The van der Waals surface area contributed by atoms with Gasteiger partial charge in [0.1, 0.15) is 18.7 Å². The van der Waals surface area contributed by atoms with Gasteiger partial charge in [-0.05, 0) is 32.8 Å². The molecule has 0 aliphatic rings. The predicted molar refractivity (Wildman–Crippen MR) is 110 cm³/mol. The molecule has 1 aromatic carbocycles. The summed E-state index contributed by atoms with van der Waals surface area (Å²) in [6, 6.07) is 9.36. The third kappa shape index (κ3) is 4.86. The van der Waals surface area contributed by atoms with Gasteiger partial charge >= 0.3 is 5.97 Å². The number of amides is 1. The number of thiazole rings is 1. The normalized spacial score (nSPS) is 11.8. The Morgan fingerprint density at radius 2 is 2.03 bits per heavy atom. The number of nitrogens with zero attached hydrogens (tertiary/aromatic N) is 5. The van der Waals surface area contributed by atoms with Gasteiger partial charge in [-0.1, -0.05) is 30.3 Å². The minimum atomic E-state index is -0.552. The quantitative estimate of drug-likeness (QED) is 0.527. The summed E-state index contributed by atoms with van der Waals surface area (Å²) in [7, 11) is 0. The highest BCUT2D eigenvalue weighted by atomic mass is 32.1. The molecule has 0 aliphatic carbocycles. The second-order valence-corrected chi connectivity index (χ2v) is 7.58. The number of hydrogen-bond acceptors (Lipinski definition) is 7. The summed E-state index contributed by atoms with van der Waals surface area (Å²) in [6.45, 7) is 6.01. The van der Waals surface area contributed by atoms with Crippen molar-refractivity contribution in [3.05, 3.63) is 59.1 Å². The largest absolute Gasteiger partial charge is 0.461 e. The fourth-order valence-corrected chi connectivity index (χ4v) is 3.76. The summed E-state index contributed by atoms with van der Waals surface area (Å²) in [5, 5.41) is 4.54. The maximum absolute atomic E-state index is 13.3. The summed E-state index contributed by atoms with van der Waals surface area (Å²) in [5.41, 5.74) is 1.36. The highest BCUT2D eigenvalue weighted by Crippen LogP contribution is 2.28. The summed E-state index contributed by atoms with van der Waals surface area (Å²) in [4.78, 5) is 36.1. The van der Waals surface area contributed by atoms with E-state index in [0.717, 1.165) is 5.56 Å². The van der Waals surface area contributed by atoms with Crippen LogP contribution in [0.2, 0.25) is 0 Å². The van der Waals surface area contributed by atoms with Crippen LogP contribution in [0.25, 0.3) is 0 Å². The Bertz CT molecular complexity index is 956. The molecular formula is C20H23N5O3S. The van der Waals surface area contributed by atoms with Crippen LogP contribution in [0.5, 0.6) is 0 Å². The number of carbonyl (C=O) groups excluding carboxylic acids is 2. The average Bonchev–Trinajstić information content (AvgIpc) is 3.38. The molecule has 0 fully saturated rings. The van der Waals surface area contributed by atoms with Gasteiger partial charge in [0.25, 0.3) is 5.91 Å². The van der Waals surface area contributed by atoms with Crippen LogP contribution in [-0.4, -0.2) is 44.8 Å². The van der Waals surface area contributed by atoms with Gasteiger partial charge in [0.2, 0.25) is 0 Å². The SMILES string of the molecule is CCOC(=O)c1nc(N(CCc2ccccc2)C(=O)C(C)n2cncn2)sc1C. The van der Waals surface area contributed by atoms with Crippen LogP contribution in [0.1, 0.15) is 40.8 Å². The Hall–Kier alpha value is -3.07. The van der Waals surface area contributed by atoms with Crippen LogP contribution in [0.4, 0.5) is 5.13 Å². The molecule has 3 rings (SSSR count). The van der Waals surface area contributed by atoms with Crippen molar-refractivity contribution in [2.75, 3.05) is 18.1 Å². The van der Waals surface area contributed by atoms with Gasteiger partial charge in [-0.3, -0.25) is 9.69 Å². The molecule has 8 nitrogen and oxygen atoms in total. The van der Waals surface area contributed by atoms with Crippen LogP contribution < -0.4 is 4.90 Å². The van der Waals surface area contributed by atoms with Crippen molar-refractivity contribution < 1.29 is 14.3 Å². The highest BCUT2D eigenvalue weighted by Gasteiger charge is 2.28. The minimum absolute atomic E-state index is 0.171. The topological polar surface area (TPSA) is 90.2 Å². The van der Waals surface area contributed by atoms with Crippen molar-refractivity contribution in [1.82, 2.24) is 19.7 Å². The summed E-state index contributed by atoms with van der Waals surface area (Å²) in [6.07, 6.45) is 3.56. The van der Waals surface area contributed by atoms with Gasteiger partial charge in [-0.25, -0.2) is 19.4 Å². The predicted octanol–water partition coefficient (Wildman–Crippen LogP) is 3.06. The Morgan fingerprint density at radius 1 is 1.28 bits per heavy atom. The first-order valence-corrected chi connectivity index (χ1v) is 10.2. The lowest BCUT2D eigenvalue weighted by molar-refractivity contribution is -0.121. The van der Waals surface area contributed by atoms with Crippen molar-refractivity contribution in [1.29, 1.82) is 0 Å². The van der Waals surface area contributed by atoms with E-state index in [1.807, 2.05) is 30.3 Å². The van der Waals surface area contributed by atoms with E-state index in [1.165, 1.54) is 28.7 Å². The standard InChI is InChI=1S/C20H23N5O3S/c1-4-28-19(27)17-15(3)29-20(23-17)24(11-10-16-8-6-5-7-9-16)18(26)14(2)25-13-21-12-22-25/h5-9,12-14H,4,10-11H2,1-3H3. The number of ether oxygens (including phenoxy) is 1. The number of benzene rings is 1. The number of anilines is 1. The Kier molecular flexibility index (Phi) is 6.71. The Labute approximate surface area is 173 Å². The molecule has 1 unspecified atom stereocenters. The summed E-state index contributed by atoms with van der Waals surface area (Å²) < 4.78 is 6.58. The van der Waals surface area contributed by atoms with E-state index in [2.05, 4.69) is 15.1 Å². The molecule has 9 heteroatoms. The molecular weight excluding hydrogens is 390 g/mol. The molecule has 29 heavy (non-hydrogen) atoms. The fourth-order valence-electron chi connectivity index (χ4n) is 2.83. The third-order valence-electron chi connectivity index (χ3n) is 4.41. The summed E-state index contributed by atoms with van der Waals surface area (Å²) >= 11 is 1.30. The lowest BCUT2D eigenvalue weighted by Gasteiger charge is -2.23. The maximum atomic E-state index is 13.3. The highest BCUT2D eigenvalue weighted by molar-refractivity contribution is 7.16. The molecule has 0 bridgehead atoms. The molecule has 2 aromatic heterocycles. The first-order valence-electron chi connectivity index (χ1n) is 9.35. The molecule has 0 saturated carbocycles. The van der Waals surface area contributed by atoms with Crippen molar-refractivity contribution >= 4 is 28.3 Å². The van der Waals surface area contributed by atoms with Gasteiger partial charge < -0.3 is 4.74 Å². The monoisotopic (exact) mass is 413 g/mol. The minimum Gasteiger partial charge on any atom is -0.461 e. The van der Waals surface area contributed by atoms with E-state index in [1.54, 1.807) is 25.7 Å². The van der Waals surface area contributed by atoms with Gasteiger partial charge in [0, 0.05) is 11.4 Å². The van der Waals surface area contributed by atoms with Gasteiger partial charge in [-0.15, -0.1) is 11.3 Å². The first kappa shape index (κ1) is 20.7. The summed E-state index contributed by atoms with van der Waals surface area (Å²) in [5.74, 6) is -0.650. The molecule has 0 N–H and O–H groups in total. The maximum Gasteiger partial charge on any atom is 0.358 e. The Morgan fingerprint density at radius 3 is 2.69 bits per heavy atom. The zero-order chi connectivity index (χ0) is 20.8. The van der Waals surface area contributed by atoms with Crippen LogP contribution in [-0.2, 0) is 16.0 Å². The lowest BCUT2D eigenvalue weighted by atomic mass is 10.1. The van der Waals surface area contributed by atoms with Gasteiger partial charge in [0.15, 0.2) is 10.8 Å². The molecule has 1 atom stereocenters. The number of carbonyl (C=O) groups is 2.